The lowest BCUT2D eigenvalue weighted by Crippen LogP contribution is -2.41. The molecular formula is C21H34N4O. The number of guanidine groups is 1. The molecule has 5 nitrogen and oxygen atoms in total. The maximum absolute atomic E-state index is 11.7. The summed E-state index contributed by atoms with van der Waals surface area (Å²) in [5, 5.41) is 9.51. The Morgan fingerprint density at radius 3 is 2.54 bits per heavy atom. The van der Waals surface area contributed by atoms with E-state index in [1.54, 1.807) is 7.05 Å². The SMILES string of the molecule is CCC1CCC(CNC(=NC)NCCc2cccc(C(=O)NC)c2)CC1. The van der Waals surface area contributed by atoms with Crippen molar-refractivity contribution in [3.05, 3.63) is 35.4 Å². The van der Waals surface area contributed by atoms with Gasteiger partial charge in [-0.05, 0) is 48.8 Å². The Hall–Kier alpha value is -2.04. The number of nitrogens with one attached hydrogen (secondary N) is 3. The molecule has 144 valence electrons. The smallest absolute Gasteiger partial charge is 0.251 e. The van der Waals surface area contributed by atoms with Crippen LogP contribution in [0.25, 0.3) is 0 Å². The molecule has 1 saturated carbocycles. The number of amides is 1. The summed E-state index contributed by atoms with van der Waals surface area (Å²) in [6.45, 7) is 4.10. The van der Waals surface area contributed by atoms with Crippen molar-refractivity contribution in [3.8, 4) is 0 Å². The highest BCUT2D eigenvalue weighted by Gasteiger charge is 2.19. The first-order valence-electron chi connectivity index (χ1n) is 9.91. The van der Waals surface area contributed by atoms with Crippen LogP contribution < -0.4 is 16.0 Å². The molecule has 0 aromatic heterocycles. The number of aliphatic imine (C=N–C) groups is 1. The van der Waals surface area contributed by atoms with Gasteiger partial charge in [0.2, 0.25) is 0 Å². The summed E-state index contributed by atoms with van der Waals surface area (Å²) < 4.78 is 0. The Kier molecular flexibility index (Phi) is 8.45. The predicted octanol–water partition coefficient (Wildman–Crippen LogP) is 2.97. The molecule has 0 radical (unpaired) electrons. The average molecular weight is 359 g/mol. The summed E-state index contributed by atoms with van der Waals surface area (Å²) in [6, 6.07) is 7.77. The van der Waals surface area contributed by atoms with Gasteiger partial charge in [0.1, 0.15) is 0 Å². The maximum atomic E-state index is 11.7. The molecule has 2 rings (SSSR count). The van der Waals surface area contributed by atoms with Crippen LogP contribution in [0.4, 0.5) is 0 Å². The molecule has 0 bridgehead atoms. The van der Waals surface area contributed by atoms with Gasteiger partial charge in [0.05, 0.1) is 0 Å². The third-order valence-electron chi connectivity index (χ3n) is 5.45. The summed E-state index contributed by atoms with van der Waals surface area (Å²) in [6.07, 6.45) is 7.58. The third-order valence-corrected chi connectivity index (χ3v) is 5.45. The first kappa shape index (κ1) is 20.3. The molecule has 1 aromatic carbocycles. The van der Waals surface area contributed by atoms with Gasteiger partial charge in [-0.15, -0.1) is 0 Å². The minimum atomic E-state index is -0.0462. The Bertz CT molecular complexity index is 591. The van der Waals surface area contributed by atoms with Crippen LogP contribution in [0.3, 0.4) is 0 Å². The fraction of sp³-hybridized carbons (Fsp3) is 0.619. The fourth-order valence-electron chi connectivity index (χ4n) is 3.64. The lowest BCUT2D eigenvalue weighted by molar-refractivity contribution is 0.0963. The molecule has 1 aromatic rings. The first-order valence-corrected chi connectivity index (χ1v) is 9.91. The van der Waals surface area contributed by atoms with Gasteiger partial charge < -0.3 is 16.0 Å². The Morgan fingerprint density at radius 2 is 1.88 bits per heavy atom. The quantitative estimate of drug-likeness (QED) is 0.519. The monoisotopic (exact) mass is 358 g/mol. The lowest BCUT2D eigenvalue weighted by Gasteiger charge is -2.28. The van der Waals surface area contributed by atoms with Gasteiger partial charge in [-0.25, -0.2) is 0 Å². The van der Waals surface area contributed by atoms with Crippen molar-refractivity contribution in [1.82, 2.24) is 16.0 Å². The standard InChI is InChI=1S/C21H34N4O/c1-4-16-8-10-18(11-9-16)15-25-21(23-3)24-13-12-17-6-5-7-19(14-17)20(26)22-2/h5-7,14,16,18H,4,8-13,15H2,1-3H3,(H,22,26)(H2,23,24,25). The zero-order valence-electron chi connectivity index (χ0n) is 16.5. The van der Waals surface area contributed by atoms with E-state index in [2.05, 4.69) is 33.9 Å². The maximum Gasteiger partial charge on any atom is 0.251 e. The van der Waals surface area contributed by atoms with Crippen molar-refractivity contribution in [2.45, 2.75) is 45.4 Å². The Labute approximate surface area is 158 Å². The number of nitrogens with zero attached hydrogens (tertiary/aromatic N) is 1. The number of carbonyl (C=O) groups excluding carboxylic acids is 1. The van der Waals surface area contributed by atoms with E-state index in [-0.39, 0.29) is 5.91 Å². The minimum Gasteiger partial charge on any atom is -0.356 e. The van der Waals surface area contributed by atoms with Crippen LogP contribution in [-0.2, 0) is 6.42 Å². The highest BCUT2D eigenvalue weighted by atomic mass is 16.1. The highest BCUT2D eigenvalue weighted by Crippen LogP contribution is 2.29. The van der Waals surface area contributed by atoms with Crippen molar-refractivity contribution in [1.29, 1.82) is 0 Å². The second-order valence-corrected chi connectivity index (χ2v) is 7.20. The summed E-state index contributed by atoms with van der Waals surface area (Å²) in [4.78, 5) is 16.0. The van der Waals surface area contributed by atoms with Gasteiger partial charge in [0.15, 0.2) is 5.96 Å². The molecule has 1 amide bonds. The number of hydrogen-bond donors (Lipinski definition) is 3. The molecule has 5 heteroatoms. The zero-order chi connectivity index (χ0) is 18.8. The van der Waals surface area contributed by atoms with Gasteiger partial charge in [-0.3, -0.25) is 9.79 Å². The van der Waals surface area contributed by atoms with Crippen LogP contribution in [0.2, 0.25) is 0 Å². The Balaban J connectivity index is 1.71. The summed E-state index contributed by atoms with van der Waals surface area (Å²) >= 11 is 0. The molecular weight excluding hydrogens is 324 g/mol. The van der Waals surface area contributed by atoms with Crippen LogP contribution in [-0.4, -0.2) is 39.1 Å². The first-order chi connectivity index (χ1) is 12.7. The van der Waals surface area contributed by atoms with Crippen LogP contribution >= 0.6 is 0 Å². The van der Waals surface area contributed by atoms with Crippen molar-refractivity contribution < 1.29 is 4.79 Å². The van der Waals surface area contributed by atoms with E-state index in [0.717, 1.165) is 42.9 Å². The summed E-state index contributed by atoms with van der Waals surface area (Å²) in [5.74, 6) is 2.52. The highest BCUT2D eigenvalue weighted by molar-refractivity contribution is 5.94. The summed E-state index contributed by atoms with van der Waals surface area (Å²) in [7, 11) is 3.47. The van der Waals surface area contributed by atoms with E-state index in [0.29, 0.717) is 5.56 Å². The molecule has 26 heavy (non-hydrogen) atoms. The second-order valence-electron chi connectivity index (χ2n) is 7.20. The molecule has 1 aliphatic rings. The molecule has 0 atom stereocenters. The van der Waals surface area contributed by atoms with Crippen molar-refractivity contribution in [3.63, 3.8) is 0 Å². The third kappa shape index (κ3) is 6.36. The van der Waals surface area contributed by atoms with Crippen molar-refractivity contribution in [2.24, 2.45) is 16.8 Å². The van der Waals surface area contributed by atoms with Gasteiger partial charge >= 0.3 is 0 Å². The number of rotatable bonds is 7. The largest absolute Gasteiger partial charge is 0.356 e. The van der Waals surface area contributed by atoms with E-state index in [4.69, 9.17) is 0 Å². The zero-order valence-corrected chi connectivity index (χ0v) is 16.5. The van der Waals surface area contributed by atoms with Gasteiger partial charge in [0, 0.05) is 32.7 Å². The van der Waals surface area contributed by atoms with E-state index < -0.39 is 0 Å². The minimum absolute atomic E-state index is 0.0462. The molecule has 3 N–H and O–H groups in total. The van der Waals surface area contributed by atoms with Crippen LogP contribution in [0.5, 0.6) is 0 Å². The van der Waals surface area contributed by atoms with Gasteiger partial charge in [-0.2, -0.15) is 0 Å². The van der Waals surface area contributed by atoms with E-state index in [1.165, 1.54) is 32.1 Å². The second kappa shape index (κ2) is 10.8. The van der Waals surface area contributed by atoms with Crippen LogP contribution in [0.1, 0.15) is 54.9 Å². The van der Waals surface area contributed by atoms with E-state index in [9.17, 15) is 4.79 Å². The van der Waals surface area contributed by atoms with Gasteiger partial charge in [-0.1, -0.05) is 38.3 Å². The van der Waals surface area contributed by atoms with E-state index in [1.807, 2.05) is 25.2 Å². The van der Waals surface area contributed by atoms with Crippen LogP contribution in [0.15, 0.2) is 29.3 Å². The average Bonchev–Trinajstić information content (AvgIpc) is 2.70. The molecule has 0 spiro atoms. The molecule has 0 saturated heterocycles. The predicted molar refractivity (Wildman–Crippen MR) is 109 cm³/mol. The number of benzene rings is 1. The molecule has 0 aliphatic heterocycles. The summed E-state index contributed by atoms with van der Waals surface area (Å²) in [5.41, 5.74) is 1.85. The fourth-order valence-corrected chi connectivity index (χ4v) is 3.64. The Morgan fingerprint density at radius 1 is 1.15 bits per heavy atom. The van der Waals surface area contributed by atoms with Crippen LogP contribution in [0, 0.1) is 11.8 Å². The molecule has 1 fully saturated rings. The number of carbonyl (C=O) groups is 1. The molecule has 0 unspecified atom stereocenters. The topological polar surface area (TPSA) is 65.5 Å². The van der Waals surface area contributed by atoms with Gasteiger partial charge in [0.25, 0.3) is 5.91 Å². The van der Waals surface area contributed by atoms with E-state index >= 15 is 0 Å². The lowest BCUT2D eigenvalue weighted by atomic mass is 9.81. The number of hydrogen-bond acceptors (Lipinski definition) is 2. The normalized spacial score (nSPS) is 20.5. The molecule has 0 heterocycles. The van der Waals surface area contributed by atoms with Crippen molar-refractivity contribution >= 4 is 11.9 Å². The van der Waals surface area contributed by atoms with Crippen molar-refractivity contribution in [2.75, 3.05) is 27.2 Å². The molecule has 1 aliphatic carbocycles.